The molecule has 0 amide bonds. The predicted molar refractivity (Wildman–Crippen MR) is 72.0 cm³/mol. The Morgan fingerprint density at radius 1 is 1.00 bits per heavy atom. The van der Waals surface area contributed by atoms with Crippen molar-refractivity contribution in [2.75, 3.05) is 0 Å². The molecule has 98 valence electrons. The summed E-state index contributed by atoms with van der Waals surface area (Å²) in [5.41, 5.74) is 0.929. The van der Waals surface area contributed by atoms with Gasteiger partial charge in [0.2, 0.25) is 0 Å². The first-order chi connectivity index (χ1) is 9.04. The number of nitrogens with zero attached hydrogens (tertiary/aromatic N) is 1. The molecule has 0 saturated heterocycles. The third kappa shape index (κ3) is 2.64. The molecule has 6 heteroatoms. The number of aromatic hydroxyl groups is 1. The third-order valence-electron chi connectivity index (χ3n) is 2.53. The van der Waals surface area contributed by atoms with E-state index in [-0.39, 0.29) is 21.5 Å². The minimum absolute atomic E-state index is 0.0394. The molecular formula is C13H8Cl2FNO2. The lowest BCUT2D eigenvalue weighted by Crippen LogP contribution is -2.04. The van der Waals surface area contributed by atoms with Crippen LogP contribution >= 0.6 is 23.2 Å². The van der Waals surface area contributed by atoms with Gasteiger partial charge in [0.1, 0.15) is 22.3 Å². The molecule has 0 aromatic heterocycles. The second-order valence-corrected chi connectivity index (χ2v) is 4.47. The van der Waals surface area contributed by atoms with Gasteiger partial charge in [-0.3, -0.25) is 0 Å². The lowest BCUT2D eigenvalue weighted by molar-refractivity contribution is 0.319. The molecule has 0 spiro atoms. The van der Waals surface area contributed by atoms with Gasteiger partial charge in [-0.05, 0) is 36.4 Å². The molecule has 2 aromatic carbocycles. The molecule has 2 rings (SSSR count). The fourth-order valence-electron chi connectivity index (χ4n) is 1.60. The van der Waals surface area contributed by atoms with Crippen LogP contribution in [0.5, 0.6) is 5.75 Å². The van der Waals surface area contributed by atoms with Gasteiger partial charge in [0.05, 0.1) is 5.02 Å². The van der Waals surface area contributed by atoms with Gasteiger partial charge in [-0.15, -0.1) is 0 Å². The summed E-state index contributed by atoms with van der Waals surface area (Å²) in [5.74, 6) is -0.581. The molecule has 2 aromatic rings. The van der Waals surface area contributed by atoms with Crippen molar-refractivity contribution in [3.05, 3.63) is 63.4 Å². The van der Waals surface area contributed by atoms with Gasteiger partial charge < -0.3 is 10.3 Å². The van der Waals surface area contributed by atoms with Crippen LogP contribution in [0.1, 0.15) is 11.1 Å². The molecule has 0 aliphatic heterocycles. The van der Waals surface area contributed by atoms with Crippen molar-refractivity contribution >= 4 is 28.9 Å². The Kier molecular flexibility index (Phi) is 3.93. The van der Waals surface area contributed by atoms with Crippen molar-refractivity contribution in [1.29, 1.82) is 0 Å². The van der Waals surface area contributed by atoms with Crippen LogP contribution < -0.4 is 0 Å². The molecule has 2 N–H and O–H groups in total. The van der Waals surface area contributed by atoms with Gasteiger partial charge in [0.25, 0.3) is 0 Å². The number of phenols is 1. The zero-order valence-electron chi connectivity index (χ0n) is 9.44. The van der Waals surface area contributed by atoms with E-state index in [2.05, 4.69) is 5.16 Å². The average Bonchev–Trinajstić information content (AvgIpc) is 2.41. The van der Waals surface area contributed by atoms with Crippen LogP contribution in [-0.2, 0) is 0 Å². The van der Waals surface area contributed by atoms with Crippen LogP contribution in [0.15, 0.2) is 41.6 Å². The number of halogens is 3. The second-order valence-electron chi connectivity index (χ2n) is 3.72. The molecule has 0 atom stereocenters. The van der Waals surface area contributed by atoms with Gasteiger partial charge in [0.15, 0.2) is 0 Å². The number of phenolic OH excluding ortho intramolecular Hbond substituents is 1. The Hall–Kier alpha value is -1.78. The summed E-state index contributed by atoms with van der Waals surface area (Å²) in [4.78, 5) is 0. The maximum atomic E-state index is 12.9. The third-order valence-corrected chi connectivity index (χ3v) is 3.41. The van der Waals surface area contributed by atoms with Crippen LogP contribution in [0, 0.1) is 5.82 Å². The minimum atomic E-state index is -0.407. The average molecular weight is 300 g/mol. The van der Waals surface area contributed by atoms with Crippen molar-refractivity contribution in [2.24, 2.45) is 5.16 Å². The van der Waals surface area contributed by atoms with Crippen molar-refractivity contribution in [3.63, 3.8) is 0 Å². The standard InChI is InChI=1S/C13H8Cl2FNO2/c14-11-9(5-6-10(18)12(11)15)13(17-19)7-1-3-8(16)4-2-7/h1-6,18-19H/b17-13-. The maximum Gasteiger partial charge on any atom is 0.135 e. The molecule has 0 aliphatic rings. The lowest BCUT2D eigenvalue weighted by Gasteiger charge is -2.09. The van der Waals surface area contributed by atoms with Crippen molar-refractivity contribution in [3.8, 4) is 5.75 Å². The summed E-state index contributed by atoms with van der Waals surface area (Å²) in [5, 5.41) is 21.7. The van der Waals surface area contributed by atoms with E-state index in [0.29, 0.717) is 11.1 Å². The summed E-state index contributed by atoms with van der Waals surface area (Å²) in [6.07, 6.45) is 0. The number of rotatable bonds is 2. The molecule has 0 radical (unpaired) electrons. The summed E-state index contributed by atoms with van der Waals surface area (Å²) >= 11 is 11.8. The Morgan fingerprint density at radius 3 is 2.21 bits per heavy atom. The normalized spacial score (nSPS) is 11.6. The minimum Gasteiger partial charge on any atom is -0.506 e. The molecule has 3 nitrogen and oxygen atoms in total. The summed E-state index contributed by atoms with van der Waals surface area (Å²) in [6.45, 7) is 0. The zero-order valence-corrected chi connectivity index (χ0v) is 11.0. The number of hydrogen-bond acceptors (Lipinski definition) is 3. The molecular weight excluding hydrogens is 292 g/mol. The van der Waals surface area contributed by atoms with Gasteiger partial charge in [-0.2, -0.15) is 0 Å². The van der Waals surface area contributed by atoms with E-state index in [4.69, 9.17) is 28.4 Å². The van der Waals surface area contributed by atoms with E-state index in [9.17, 15) is 9.50 Å². The van der Waals surface area contributed by atoms with Crippen molar-refractivity contribution in [1.82, 2.24) is 0 Å². The van der Waals surface area contributed by atoms with Crippen LogP contribution in [0.3, 0.4) is 0 Å². The first-order valence-corrected chi connectivity index (χ1v) is 5.95. The van der Waals surface area contributed by atoms with Gasteiger partial charge in [0, 0.05) is 11.1 Å². The maximum absolute atomic E-state index is 12.9. The smallest absolute Gasteiger partial charge is 0.135 e. The van der Waals surface area contributed by atoms with E-state index < -0.39 is 5.82 Å². The fourth-order valence-corrected chi connectivity index (χ4v) is 2.01. The predicted octanol–water partition coefficient (Wildman–Crippen LogP) is 4.06. The Balaban J connectivity index is 2.55. The molecule has 0 saturated carbocycles. The molecule has 0 bridgehead atoms. The highest BCUT2D eigenvalue weighted by Crippen LogP contribution is 2.34. The highest BCUT2D eigenvalue weighted by atomic mass is 35.5. The van der Waals surface area contributed by atoms with Crippen LogP contribution in [0.4, 0.5) is 4.39 Å². The first-order valence-electron chi connectivity index (χ1n) is 5.20. The lowest BCUT2D eigenvalue weighted by atomic mass is 10.0. The first kappa shape index (κ1) is 13.6. The highest BCUT2D eigenvalue weighted by Gasteiger charge is 2.16. The van der Waals surface area contributed by atoms with Crippen LogP contribution in [-0.4, -0.2) is 16.0 Å². The molecule has 0 aliphatic carbocycles. The van der Waals surface area contributed by atoms with Gasteiger partial charge >= 0.3 is 0 Å². The monoisotopic (exact) mass is 299 g/mol. The van der Waals surface area contributed by atoms with E-state index in [1.807, 2.05) is 0 Å². The molecule has 0 unspecified atom stereocenters. The van der Waals surface area contributed by atoms with E-state index >= 15 is 0 Å². The molecule has 19 heavy (non-hydrogen) atoms. The van der Waals surface area contributed by atoms with Crippen molar-refractivity contribution in [2.45, 2.75) is 0 Å². The summed E-state index contributed by atoms with van der Waals surface area (Å²) < 4.78 is 12.9. The SMILES string of the molecule is O/N=C(/c1ccc(F)cc1)c1ccc(O)c(Cl)c1Cl. The largest absolute Gasteiger partial charge is 0.506 e. The molecule has 0 heterocycles. The Bertz CT molecular complexity index is 642. The van der Waals surface area contributed by atoms with Crippen molar-refractivity contribution < 1.29 is 14.7 Å². The number of oxime groups is 1. The van der Waals surface area contributed by atoms with E-state index in [0.717, 1.165) is 0 Å². The highest BCUT2D eigenvalue weighted by molar-refractivity contribution is 6.45. The van der Waals surface area contributed by atoms with Crippen LogP contribution in [0.2, 0.25) is 10.0 Å². The van der Waals surface area contributed by atoms with Crippen LogP contribution in [0.25, 0.3) is 0 Å². The number of hydrogen-bond donors (Lipinski definition) is 2. The summed E-state index contributed by atoms with van der Waals surface area (Å²) in [7, 11) is 0. The molecule has 0 fully saturated rings. The Morgan fingerprint density at radius 2 is 1.63 bits per heavy atom. The second kappa shape index (κ2) is 5.47. The zero-order chi connectivity index (χ0) is 14.0. The Labute approximate surface area is 118 Å². The fraction of sp³-hybridized carbons (Fsp3) is 0. The van der Waals surface area contributed by atoms with E-state index in [1.54, 1.807) is 0 Å². The number of benzene rings is 2. The topological polar surface area (TPSA) is 52.8 Å². The van der Waals surface area contributed by atoms with Gasteiger partial charge in [-0.1, -0.05) is 28.4 Å². The summed E-state index contributed by atoms with van der Waals surface area (Å²) in [6, 6.07) is 8.15. The van der Waals surface area contributed by atoms with Gasteiger partial charge in [-0.25, -0.2) is 4.39 Å². The van der Waals surface area contributed by atoms with E-state index in [1.165, 1.54) is 36.4 Å². The quantitative estimate of drug-likeness (QED) is 0.499.